The molecule has 26 heavy (non-hydrogen) atoms. The smallest absolute Gasteiger partial charge is 0.303 e. The minimum Gasteiger partial charge on any atom is -0.497 e. The fourth-order valence-corrected chi connectivity index (χ4v) is 2.89. The summed E-state index contributed by atoms with van der Waals surface area (Å²) in [5.74, 6) is -0.957. The predicted octanol–water partition coefficient (Wildman–Crippen LogP) is 3.16. The lowest BCUT2D eigenvalue weighted by molar-refractivity contribution is -0.137. The number of amides is 1. The molecule has 0 bridgehead atoms. The molecule has 0 aliphatic rings. The minimum atomic E-state index is -0.950. The van der Waals surface area contributed by atoms with Gasteiger partial charge in [-0.25, -0.2) is 0 Å². The number of para-hydroxylation sites is 1. The lowest BCUT2D eigenvalue weighted by Gasteiger charge is -2.16. The van der Waals surface area contributed by atoms with Gasteiger partial charge in [-0.1, -0.05) is 24.3 Å². The molecule has 3 rings (SSSR count). The number of aromatic nitrogens is 2. The van der Waals surface area contributed by atoms with Crippen LogP contribution in [0.1, 0.15) is 24.3 Å². The zero-order valence-electron chi connectivity index (χ0n) is 14.2. The van der Waals surface area contributed by atoms with Crippen LogP contribution in [0.15, 0.2) is 48.7 Å². The van der Waals surface area contributed by atoms with Gasteiger partial charge in [-0.3, -0.25) is 14.7 Å². The van der Waals surface area contributed by atoms with Gasteiger partial charge in [0.25, 0.3) is 0 Å². The first kappa shape index (κ1) is 17.5. The molecular weight excluding hydrogens is 334 g/mol. The van der Waals surface area contributed by atoms with E-state index in [0.717, 1.165) is 16.5 Å². The lowest BCUT2D eigenvalue weighted by atomic mass is 9.92. The SMILES string of the molecule is COc1ccc(C(CC(=O)O)CC(=O)Nc2cccc3cn[nH]c23)cc1. The Morgan fingerprint density at radius 1 is 1.19 bits per heavy atom. The van der Waals surface area contributed by atoms with Crippen molar-refractivity contribution < 1.29 is 19.4 Å². The topological polar surface area (TPSA) is 104 Å². The number of aromatic amines is 1. The Labute approximate surface area is 150 Å². The number of nitrogens with one attached hydrogen (secondary N) is 2. The van der Waals surface area contributed by atoms with Gasteiger partial charge in [0.05, 0.1) is 30.9 Å². The van der Waals surface area contributed by atoms with Crippen LogP contribution in [0.5, 0.6) is 5.75 Å². The number of anilines is 1. The summed E-state index contributed by atoms with van der Waals surface area (Å²) >= 11 is 0. The number of carboxylic acids is 1. The van der Waals surface area contributed by atoms with E-state index in [2.05, 4.69) is 15.5 Å². The summed E-state index contributed by atoms with van der Waals surface area (Å²) in [5, 5.41) is 19.7. The Morgan fingerprint density at radius 2 is 1.96 bits per heavy atom. The molecule has 0 fully saturated rings. The lowest BCUT2D eigenvalue weighted by Crippen LogP contribution is -2.18. The minimum absolute atomic E-state index is 0.0587. The number of carboxylic acid groups (broad SMARTS) is 1. The molecular formula is C19H19N3O4. The number of carbonyl (C=O) groups excluding carboxylic acids is 1. The molecule has 0 saturated carbocycles. The highest BCUT2D eigenvalue weighted by atomic mass is 16.5. The highest BCUT2D eigenvalue weighted by molar-refractivity contribution is 6.00. The van der Waals surface area contributed by atoms with Crippen LogP contribution in [0, 0.1) is 0 Å². The Balaban J connectivity index is 1.76. The number of H-pyrrole nitrogens is 1. The van der Waals surface area contributed by atoms with Gasteiger partial charge >= 0.3 is 5.97 Å². The number of methoxy groups -OCH3 is 1. The molecule has 0 aliphatic carbocycles. The van der Waals surface area contributed by atoms with E-state index < -0.39 is 11.9 Å². The first-order chi connectivity index (χ1) is 12.6. The number of hydrogen-bond donors (Lipinski definition) is 3. The molecule has 3 aromatic rings. The van der Waals surface area contributed by atoms with Crippen LogP contribution in [0.2, 0.25) is 0 Å². The quantitative estimate of drug-likeness (QED) is 0.605. The summed E-state index contributed by atoms with van der Waals surface area (Å²) in [5.41, 5.74) is 2.14. The van der Waals surface area contributed by atoms with Gasteiger partial charge in [-0.15, -0.1) is 0 Å². The number of rotatable bonds is 7. The van der Waals surface area contributed by atoms with Crippen molar-refractivity contribution >= 4 is 28.5 Å². The number of hydrogen-bond acceptors (Lipinski definition) is 4. The average molecular weight is 353 g/mol. The predicted molar refractivity (Wildman–Crippen MR) is 97.3 cm³/mol. The van der Waals surface area contributed by atoms with Gasteiger partial charge < -0.3 is 15.2 Å². The molecule has 3 N–H and O–H groups in total. The van der Waals surface area contributed by atoms with Gasteiger partial charge in [0, 0.05) is 17.7 Å². The summed E-state index contributed by atoms with van der Waals surface area (Å²) in [6, 6.07) is 12.6. The molecule has 1 atom stereocenters. The second-order valence-electron chi connectivity index (χ2n) is 5.96. The fourth-order valence-electron chi connectivity index (χ4n) is 2.89. The van der Waals surface area contributed by atoms with E-state index in [1.165, 1.54) is 0 Å². The molecule has 7 nitrogen and oxygen atoms in total. The summed E-state index contributed by atoms with van der Waals surface area (Å²) in [4.78, 5) is 23.7. The Hall–Kier alpha value is -3.35. The van der Waals surface area contributed by atoms with E-state index in [1.807, 2.05) is 12.1 Å². The number of benzene rings is 2. The normalized spacial score (nSPS) is 11.9. The standard InChI is InChI=1S/C19H19N3O4/c1-26-15-7-5-12(6-8-15)14(10-18(24)25)9-17(23)21-16-4-2-3-13-11-20-22-19(13)16/h2-8,11,14H,9-10H2,1H3,(H,20,22)(H,21,23)(H,24,25). The summed E-state index contributed by atoms with van der Waals surface area (Å²) in [6.45, 7) is 0. The summed E-state index contributed by atoms with van der Waals surface area (Å²) in [6.07, 6.45) is 1.60. The Morgan fingerprint density at radius 3 is 2.65 bits per heavy atom. The number of ether oxygens (including phenoxy) is 1. The molecule has 134 valence electrons. The van der Waals surface area contributed by atoms with E-state index in [9.17, 15) is 14.7 Å². The van der Waals surface area contributed by atoms with Gasteiger partial charge in [0.1, 0.15) is 5.75 Å². The van der Waals surface area contributed by atoms with Crippen LogP contribution in [-0.4, -0.2) is 34.3 Å². The van der Waals surface area contributed by atoms with Crippen LogP contribution in [-0.2, 0) is 9.59 Å². The summed E-state index contributed by atoms with van der Waals surface area (Å²) in [7, 11) is 1.56. The van der Waals surface area contributed by atoms with Crippen molar-refractivity contribution in [2.45, 2.75) is 18.8 Å². The van der Waals surface area contributed by atoms with Crippen molar-refractivity contribution in [2.75, 3.05) is 12.4 Å². The molecule has 2 aromatic carbocycles. The first-order valence-electron chi connectivity index (χ1n) is 8.14. The highest BCUT2D eigenvalue weighted by Gasteiger charge is 2.20. The number of nitrogens with zero attached hydrogens (tertiary/aromatic N) is 1. The molecule has 1 amide bonds. The molecule has 1 unspecified atom stereocenters. The van der Waals surface area contributed by atoms with E-state index in [0.29, 0.717) is 11.4 Å². The van der Waals surface area contributed by atoms with Crippen molar-refractivity contribution in [2.24, 2.45) is 0 Å². The average Bonchev–Trinajstić information content (AvgIpc) is 3.11. The van der Waals surface area contributed by atoms with Crippen molar-refractivity contribution in [3.8, 4) is 5.75 Å². The second-order valence-corrected chi connectivity index (χ2v) is 5.96. The number of aliphatic carboxylic acids is 1. The summed E-state index contributed by atoms with van der Waals surface area (Å²) < 4.78 is 5.12. The Kier molecular flexibility index (Phi) is 5.17. The van der Waals surface area contributed by atoms with Gasteiger partial charge in [0.15, 0.2) is 0 Å². The third-order valence-corrected chi connectivity index (χ3v) is 4.19. The molecule has 1 heterocycles. The van der Waals surface area contributed by atoms with E-state index in [1.54, 1.807) is 43.6 Å². The molecule has 0 radical (unpaired) electrons. The van der Waals surface area contributed by atoms with E-state index in [-0.39, 0.29) is 18.7 Å². The zero-order valence-corrected chi connectivity index (χ0v) is 14.2. The first-order valence-corrected chi connectivity index (χ1v) is 8.14. The largest absolute Gasteiger partial charge is 0.497 e. The van der Waals surface area contributed by atoms with Crippen LogP contribution in [0.3, 0.4) is 0 Å². The van der Waals surface area contributed by atoms with E-state index >= 15 is 0 Å². The third-order valence-electron chi connectivity index (χ3n) is 4.19. The van der Waals surface area contributed by atoms with Crippen LogP contribution >= 0.6 is 0 Å². The second kappa shape index (κ2) is 7.69. The van der Waals surface area contributed by atoms with Gasteiger partial charge in [-0.2, -0.15) is 5.10 Å². The van der Waals surface area contributed by atoms with E-state index in [4.69, 9.17) is 4.74 Å². The number of carbonyl (C=O) groups is 2. The molecule has 0 saturated heterocycles. The van der Waals surface area contributed by atoms with Gasteiger partial charge in [-0.05, 0) is 23.8 Å². The third kappa shape index (κ3) is 4.00. The molecule has 0 aliphatic heterocycles. The maximum atomic E-state index is 12.5. The van der Waals surface area contributed by atoms with Crippen molar-refractivity contribution in [3.63, 3.8) is 0 Å². The zero-order chi connectivity index (χ0) is 18.5. The molecule has 1 aromatic heterocycles. The fraction of sp³-hybridized carbons (Fsp3) is 0.211. The van der Waals surface area contributed by atoms with Gasteiger partial charge in [0.2, 0.25) is 5.91 Å². The molecule has 0 spiro atoms. The molecule has 7 heteroatoms. The van der Waals surface area contributed by atoms with Crippen molar-refractivity contribution in [1.82, 2.24) is 10.2 Å². The van der Waals surface area contributed by atoms with Crippen LogP contribution < -0.4 is 10.1 Å². The van der Waals surface area contributed by atoms with Crippen LogP contribution in [0.4, 0.5) is 5.69 Å². The highest BCUT2D eigenvalue weighted by Crippen LogP contribution is 2.27. The van der Waals surface area contributed by atoms with Crippen molar-refractivity contribution in [3.05, 3.63) is 54.2 Å². The maximum absolute atomic E-state index is 12.5. The monoisotopic (exact) mass is 353 g/mol. The maximum Gasteiger partial charge on any atom is 0.303 e. The van der Waals surface area contributed by atoms with Crippen LogP contribution in [0.25, 0.3) is 10.9 Å². The number of fused-ring (bicyclic) bond motifs is 1. The van der Waals surface area contributed by atoms with Crippen molar-refractivity contribution in [1.29, 1.82) is 0 Å². The Bertz CT molecular complexity index is 918.